The third-order valence-electron chi connectivity index (χ3n) is 8.87. The largest absolute Gasteiger partial charge is 0.398 e. The Balaban J connectivity index is 0.000000174. The lowest BCUT2D eigenvalue weighted by molar-refractivity contribution is 0.102. The minimum atomic E-state index is -0.651. The summed E-state index contributed by atoms with van der Waals surface area (Å²) in [5.74, 6) is 0.402. The first-order valence-electron chi connectivity index (χ1n) is 19.3. The van der Waals surface area contributed by atoms with Crippen molar-refractivity contribution >= 4 is 124 Å². The van der Waals surface area contributed by atoms with Gasteiger partial charge in [-0.1, -0.05) is 116 Å². The molecule has 0 unspecified atom stereocenters. The number of thiazole rings is 2. The summed E-state index contributed by atoms with van der Waals surface area (Å²) < 4.78 is 2.06. The Hall–Kier alpha value is -6.49. The molecule has 0 fully saturated rings. The number of hydrogen-bond donors (Lipinski definition) is 2. The molecule has 10 rings (SSSR count). The van der Waals surface area contributed by atoms with Crippen LogP contribution in [0.3, 0.4) is 0 Å². The highest BCUT2D eigenvalue weighted by atomic mass is 35.5. The number of amides is 1. The van der Waals surface area contributed by atoms with Crippen molar-refractivity contribution in [3.05, 3.63) is 180 Å². The highest BCUT2D eigenvalue weighted by molar-refractivity contribution is 7.22. The number of nitrogens with one attached hydrogen (secondary N) is 1. The maximum atomic E-state index is 13.0. The van der Waals surface area contributed by atoms with E-state index in [4.69, 9.17) is 63.7 Å². The minimum absolute atomic E-state index is 0. The van der Waals surface area contributed by atoms with Crippen molar-refractivity contribution in [3.8, 4) is 43.9 Å². The fourth-order valence-corrected chi connectivity index (χ4v) is 8.35. The topological polar surface area (TPSA) is 175 Å². The van der Waals surface area contributed by atoms with Crippen molar-refractivity contribution in [2.24, 2.45) is 0 Å². The van der Waals surface area contributed by atoms with E-state index >= 15 is 0 Å². The summed E-state index contributed by atoms with van der Waals surface area (Å²) in [7, 11) is 0. The fourth-order valence-electron chi connectivity index (χ4n) is 5.93. The molecule has 12 nitrogen and oxygen atoms in total. The number of aromatic nitrogens is 8. The van der Waals surface area contributed by atoms with Gasteiger partial charge in [-0.25, -0.2) is 29.9 Å². The minimum Gasteiger partial charge on any atom is -0.398 e. The monoisotopic (exact) mass is 1020 g/mol. The van der Waals surface area contributed by atoms with Crippen LogP contribution in [0.2, 0.25) is 10.3 Å². The molecule has 1 amide bonds. The Morgan fingerprint density at radius 3 is 1.52 bits per heavy atom. The molecule has 0 aliphatic carbocycles. The summed E-state index contributed by atoms with van der Waals surface area (Å²) in [5, 5.41) is 4.62. The van der Waals surface area contributed by atoms with Gasteiger partial charge in [-0.05, 0) is 48.0 Å². The Kier molecular flexibility index (Phi) is 18.1. The van der Waals surface area contributed by atoms with Crippen LogP contribution in [0.5, 0.6) is 0 Å². The van der Waals surface area contributed by atoms with Crippen molar-refractivity contribution in [1.29, 1.82) is 0 Å². The molecule has 0 atom stereocenters. The number of carbonyl (C=O) groups excluding carboxylic acids is 2. The quantitative estimate of drug-likeness (QED) is 0.0672. The van der Waals surface area contributed by atoms with Crippen molar-refractivity contribution in [2.45, 2.75) is 7.43 Å². The number of hydrogen-bond acceptors (Lipinski definition) is 13. The average Bonchev–Trinajstić information content (AvgIpc) is 3.98. The van der Waals surface area contributed by atoms with Gasteiger partial charge in [0.05, 0.1) is 31.5 Å². The lowest BCUT2D eigenvalue weighted by Crippen LogP contribution is -2.15. The smallest absolute Gasteiger partial charge is 0.274 e. The standard InChI is InChI=1S/C23H14ClN5OS.C12H9N3S.C11H6Cl2N2O.CH2Cl2.CH4/c24-20-12-18(26-21(29-20)14-6-2-1-3-7-14)22(30)27-16-9-5-4-8-15(16)23-28-17-10-11-25-13-19(17)31-23;13-9-4-2-1-3-8(9)12-15-10-5-6-14-7-11(10)16-12;12-9-6-8(10(13)16)14-11(15-9)7-4-2-1-3-5-7;2-1-3;/h1-13H,(H,27,30);1-7H,13H2;1-6H;1H2;1H4. The second-order valence-corrected chi connectivity index (χ2v) is 17.2. The Labute approximate surface area is 417 Å². The number of rotatable bonds is 7. The van der Waals surface area contributed by atoms with Crippen LogP contribution in [0.25, 0.3) is 64.4 Å². The lowest BCUT2D eigenvalue weighted by Gasteiger charge is -2.10. The molecule has 0 saturated heterocycles. The van der Waals surface area contributed by atoms with Crippen LogP contribution in [-0.2, 0) is 0 Å². The van der Waals surface area contributed by atoms with Gasteiger partial charge < -0.3 is 11.1 Å². The Bertz CT molecular complexity index is 3190. The molecule has 67 heavy (non-hydrogen) atoms. The van der Waals surface area contributed by atoms with Crippen LogP contribution in [0.4, 0.5) is 11.4 Å². The van der Waals surface area contributed by atoms with Crippen LogP contribution in [-0.4, -0.2) is 56.4 Å². The molecular weight excluding hydrogens is 990 g/mol. The maximum absolute atomic E-state index is 13.0. The van der Waals surface area contributed by atoms with Gasteiger partial charge in [0.25, 0.3) is 11.1 Å². The molecule has 0 saturated carbocycles. The number of alkyl halides is 2. The second kappa shape index (κ2) is 24.3. The second-order valence-electron chi connectivity index (χ2n) is 13.2. The number of nitrogens with zero attached hydrogens (tertiary/aromatic N) is 8. The van der Waals surface area contributed by atoms with Gasteiger partial charge in [0.2, 0.25) is 0 Å². The highest BCUT2D eigenvalue weighted by Gasteiger charge is 2.17. The zero-order chi connectivity index (χ0) is 46.4. The highest BCUT2D eigenvalue weighted by Crippen LogP contribution is 2.35. The number of fused-ring (bicyclic) bond motifs is 2. The Morgan fingerprint density at radius 2 is 1.01 bits per heavy atom. The predicted octanol–water partition coefficient (Wildman–Crippen LogP) is 13.9. The zero-order valence-electron chi connectivity index (χ0n) is 33.9. The third-order valence-corrected chi connectivity index (χ3v) is 11.5. The van der Waals surface area contributed by atoms with E-state index in [-0.39, 0.29) is 40.4 Å². The first kappa shape index (κ1) is 49.9. The van der Waals surface area contributed by atoms with Gasteiger partial charge in [-0.3, -0.25) is 19.6 Å². The van der Waals surface area contributed by atoms with Gasteiger partial charge in [0, 0.05) is 64.9 Å². The van der Waals surface area contributed by atoms with Crippen LogP contribution in [0.15, 0.2) is 158 Å². The predicted molar refractivity (Wildman–Crippen MR) is 277 cm³/mol. The molecule has 10 aromatic rings. The first-order valence-corrected chi connectivity index (χ1v) is 23.1. The van der Waals surface area contributed by atoms with E-state index in [2.05, 4.69) is 45.2 Å². The van der Waals surface area contributed by atoms with Gasteiger partial charge >= 0.3 is 0 Å². The third kappa shape index (κ3) is 13.3. The molecule has 0 bridgehead atoms. The van der Waals surface area contributed by atoms with Crippen LogP contribution in [0.1, 0.15) is 28.4 Å². The summed E-state index contributed by atoms with van der Waals surface area (Å²) in [5.41, 5.74) is 12.8. The molecule has 6 heterocycles. The molecular formula is C48H35Cl5N10O2S2. The van der Waals surface area contributed by atoms with Gasteiger partial charge in [-0.2, -0.15) is 0 Å². The summed E-state index contributed by atoms with van der Waals surface area (Å²) in [6.07, 6.45) is 7.07. The number of anilines is 2. The van der Waals surface area contributed by atoms with E-state index in [1.165, 1.54) is 23.5 Å². The zero-order valence-corrected chi connectivity index (χ0v) is 39.3. The summed E-state index contributed by atoms with van der Waals surface area (Å²) >= 11 is 30.0. The van der Waals surface area contributed by atoms with Crippen molar-refractivity contribution in [1.82, 2.24) is 39.9 Å². The summed E-state index contributed by atoms with van der Waals surface area (Å²) in [6.45, 7) is 0. The van der Waals surface area contributed by atoms with E-state index in [0.29, 0.717) is 17.3 Å². The molecule has 3 N–H and O–H groups in total. The van der Waals surface area contributed by atoms with Crippen LogP contribution < -0.4 is 11.1 Å². The maximum Gasteiger partial charge on any atom is 0.274 e. The number of para-hydroxylation sites is 2. The van der Waals surface area contributed by atoms with Gasteiger partial charge in [-0.15, -0.1) is 45.9 Å². The molecule has 19 heteroatoms. The average molecular weight is 1030 g/mol. The molecule has 0 aliphatic heterocycles. The van der Waals surface area contributed by atoms with Gasteiger partial charge in [0.15, 0.2) is 11.6 Å². The van der Waals surface area contributed by atoms with E-state index in [1.807, 2.05) is 128 Å². The Morgan fingerprint density at radius 1 is 0.567 bits per heavy atom. The first-order chi connectivity index (χ1) is 32.1. The molecule has 0 radical (unpaired) electrons. The normalized spacial score (nSPS) is 10.3. The fraction of sp³-hybridized carbons (Fsp3) is 0.0417. The molecule has 336 valence electrons. The number of carbonyl (C=O) groups is 2. The van der Waals surface area contributed by atoms with Crippen molar-refractivity contribution in [3.63, 3.8) is 0 Å². The summed E-state index contributed by atoms with van der Waals surface area (Å²) in [4.78, 5) is 58.2. The van der Waals surface area contributed by atoms with Crippen molar-refractivity contribution < 1.29 is 9.59 Å². The number of nitrogens with two attached hydrogens (primary N) is 1. The number of nitrogen functional groups attached to an aromatic ring is 1. The SMILES string of the molecule is C.ClCCl.Nc1ccccc1-c1nc2ccncc2s1.O=C(Cl)c1cc(Cl)nc(-c2ccccc2)n1.O=C(Nc1ccccc1-c1nc2ccncc2s1)c1cc(Cl)nc(-c2ccccc2)n1. The molecule has 4 aromatic carbocycles. The number of benzene rings is 4. The van der Waals surface area contributed by atoms with E-state index in [9.17, 15) is 9.59 Å². The summed E-state index contributed by atoms with van der Waals surface area (Å²) in [6, 6.07) is 40.5. The van der Waals surface area contributed by atoms with Crippen LogP contribution in [0, 0.1) is 0 Å². The lowest BCUT2D eigenvalue weighted by atomic mass is 10.1. The molecule has 0 spiro atoms. The number of halogens is 5. The van der Waals surface area contributed by atoms with Crippen molar-refractivity contribution in [2.75, 3.05) is 16.4 Å². The molecule has 0 aliphatic rings. The van der Waals surface area contributed by atoms with Gasteiger partial charge in [0.1, 0.15) is 31.7 Å². The van der Waals surface area contributed by atoms with E-state index < -0.39 is 5.24 Å². The van der Waals surface area contributed by atoms with E-state index in [1.54, 1.807) is 29.9 Å². The molecule has 6 aromatic heterocycles. The van der Waals surface area contributed by atoms with E-state index in [0.717, 1.165) is 58.4 Å². The number of pyridine rings is 2. The van der Waals surface area contributed by atoms with Crippen LogP contribution >= 0.6 is 80.7 Å².